The number of rotatable bonds is 15. The van der Waals surface area contributed by atoms with Gasteiger partial charge in [-0.3, -0.25) is 4.79 Å². The van der Waals surface area contributed by atoms with Crippen molar-refractivity contribution in [2.24, 2.45) is 16.3 Å². The highest BCUT2D eigenvalue weighted by Gasteiger charge is 2.33. The van der Waals surface area contributed by atoms with Crippen molar-refractivity contribution in [3.8, 4) is 23.0 Å². The van der Waals surface area contributed by atoms with Crippen LogP contribution >= 0.6 is 0 Å². The molecule has 45 heavy (non-hydrogen) atoms. The second-order valence-electron chi connectivity index (χ2n) is 10.9. The number of halogens is 4. The fourth-order valence-electron chi connectivity index (χ4n) is 4.10. The Kier molecular flexibility index (Phi) is 12.0. The molecule has 2 aromatic carbocycles. The van der Waals surface area contributed by atoms with E-state index >= 15 is 0 Å². The van der Waals surface area contributed by atoms with Crippen molar-refractivity contribution in [1.82, 2.24) is 10.3 Å². The molecule has 0 aliphatic carbocycles. The molecule has 0 fully saturated rings. The number of alkyl halides is 2. The summed E-state index contributed by atoms with van der Waals surface area (Å²) in [6, 6.07) is 6.72. The van der Waals surface area contributed by atoms with Crippen molar-refractivity contribution < 1.29 is 45.8 Å². The van der Waals surface area contributed by atoms with Gasteiger partial charge in [0.1, 0.15) is 11.6 Å². The van der Waals surface area contributed by atoms with Gasteiger partial charge in [-0.15, -0.1) is 0 Å². The smallest absolute Gasteiger partial charge is 0.405 e. The van der Waals surface area contributed by atoms with Crippen molar-refractivity contribution in [3.05, 3.63) is 75.5 Å². The van der Waals surface area contributed by atoms with E-state index in [1.807, 2.05) is 20.8 Å². The molecule has 0 aliphatic rings. The number of nitrogens with two attached hydrogens (primary N) is 1. The van der Waals surface area contributed by atoms with Gasteiger partial charge in [-0.25, -0.2) is 18.6 Å². The van der Waals surface area contributed by atoms with E-state index in [0.717, 1.165) is 6.07 Å². The third kappa shape index (κ3) is 10.6. The first-order valence-electron chi connectivity index (χ1n) is 13.7. The van der Waals surface area contributed by atoms with E-state index in [9.17, 15) is 27.2 Å². The Morgan fingerprint density at radius 3 is 2.53 bits per heavy atom. The summed E-state index contributed by atoms with van der Waals surface area (Å²) in [7, 11) is 0. The topological polar surface area (TPSA) is 175 Å². The molecule has 2 amide bonds. The average molecular weight is 637 g/mol. The Labute approximate surface area is 255 Å². The number of carbonyl (C=O) groups is 2. The van der Waals surface area contributed by atoms with E-state index < -0.39 is 41.8 Å². The summed E-state index contributed by atoms with van der Waals surface area (Å²) >= 11 is 0. The van der Waals surface area contributed by atoms with Gasteiger partial charge in [0.15, 0.2) is 29.1 Å². The second-order valence-corrected chi connectivity index (χ2v) is 10.9. The highest BCUT2D eigenvalue weighted by Crippen LogP contribution is 2.38. The summed E-state index contributed by atoms with van der Waals surface area (Å²) in [5.74, 6) is -3.23. The molecule has 12 nitrogen and oxygen atoms in total. The van der Waals surface area contributed by atoms with E-state index in [0.29, 0.717) is 18.9 Å². The molecule has 1 aromatic heterocycles. The highest BCUT2D eigenvalue weighted by atomic mass is 19.3. The van der Waals surface area contributed by atoms with Crippen LogP contribution in [0.2, 0.25) is 0 Å². The summed E-state index contributed by atoms with van der Waals surface area (Å²) in [5.41, 5.74) is 13.1. The zero-order valence-corrected chi connectivity index (χ0v) is 24.7. The number of carbonyl (C=O) groups excluding carboxylic acids is 2. The van der Waals surface area contributed by atoms with Crippen LogP contribution in [-0.4, -0.2) is 36.7 Å². The number of unbranched alkanes of at least 4 members (excludes halogenated alkanes) is 1. The van der Waals surface area contributed by atoms with Crippen LogP contribution in [0.25, 0.3) is 21.9 Å². The molecule has 0 radical (unpaired) electrons. The number of aromatic nitrogens is 1. The third-order valence-corrected chi connectivity index (χ3v) is 6.05. The molecule has 1 atom stereocenters. The van der Waals surface area contributed by atoms with Gasteiger partial charge in [0.05, 0.1) is 6.61 Å². The predicted molar refractivity (Wildman–Crippen MR) is 152 cm³/mol. The Bertz CT molecular complexity index is 1540. The Morgan fingerprint density at radius 1 is 1.13 bits per heavy atom. The summed E-state index contributed by atoms with van der Waals surface area (Å²) in [6.45, 7) is 2.33. The Balaban J connectivity index is 2.01. The van der Waals surface area contributed by atoms with Crippen molar-refractivity contribution in [2.75, 3.05) is 13.2 Å². The Hall–Kier alpha value is -4.98. The molecule has 16 heteroatoms. The number of azide groups is 1. The number of hydrogen-bond donors (Lipinski definition) is 2. The van der Waals surface area contributed by atoms with Crippen LogP contribution in [0.15, 0.2) is 45.9 Å². The predicted octanol–water partition coefficient (Wildman–Crippen LogP) is 7.19. The lowest BCUT2D eigenvalue weighted by Crippen LogP contribution is -2.27. The van der Waals surface area contributed by atoms with Crippen molar-refractivity contribution in [2.45, 2.75) is 59.3 Å². The van der Waals surface area contributed by atoms with Gasteiger partial charge >= 0.3 is 12.7 Å². The molecule has 0 saturated heterocycles. The standard InChI is InChI=1S/C29H32F4N6O6/c1-29(2,3)14-22(44-28(34)41)24-23(25(40)36-15-17-6-8-18(30)13-19(17)31)38-26(45-24)16-7-9-20(43-27(32)33)21(12-16)42-11-5-4-10-37-39-35/h6-9,12-13,22,27H,4-5,10-11,14-15H2,1-3H3,(H2,34,41)(H,36,40)/t22-/m0/s1. The molecule has 3 aromatic rings. The lowest BCUT2D eigenvalue weighted by atomic mass is 9.88. The van der Waals surface area contributed by atoms with Crippen LogP contribution in [0.5, 0.6) is 11.5 Å². The quantitative estimate of drug-likeness (QED) is 0.0583. The fourth-order valence-corrected chi connectivity index (χ4v) is 4.10. The number of benzene rings is 2. The Morgan fingerprint density at radius 2 is 1.89 bits per heavy atom. The van der Waals surface area contributed by atoms with E-state index in [1.54, 1.807) is 0 Å². The van der Waals surface area contributed by atoms with Crippen LogP contribution in [0.4, 0.5) is 22.4 Å². The average Bonchev–Trinajstić information content (AvgIpc) is 3.39. The maximum Gasteiger partial charge on any atom is 0.405 e. The molecule has 3 rings (SSSR count). The number of amides is 2. The summed E-state index contributed by atoms with van der Waals surface area (Å²) in [5, 5.41) is 5.91. The normalized spacial score (nSPS) is 11.9. The highest BCUT2D eigenvalue weighted by molar-refractivity contribution is 5.94. The van der Waals surface area contributed by atoms with Gasteiger partial charge in [-0.2, -0.15) is 8.78 Å². The zero-order valence-electron chi connectivity index (χ0n) is 24.7. The van der Waals surface area contributed by atoms with Gasteiger partial charge in [0.2, 0.25) is 5.89 Å². The number of oxazole rings is 1. The van der Waals surface area contributed by atoms with Crippen molar-refractivity contribution >= 4 is 12.0 Å². The largest absolute Gasteiger partial charge is 0.490 e. The van der Waals surface area contributed by atoms with Crippen LogP contribution < -0.4 is 20.5 Å². The summed E-state index contributed by atoms with van der Waals surface area (Å²) < 4.78 is 75.1. The molecular weight excluding hydrogens is 604 g/mol. The molecule has 1 heterocycles. The molecule has 3 N–H and O–H groups in total. The first-order chi connectivity index (χ1) is 21.3. The molecule has 0 unspecified atom stereocenters. The molecule has 242 valence electrons. The van der Waals surface area contributed by atoms with Gasteiger partial charge in [0, 0.05) is 35.2 Å². The number of nitrogens with one attached hydrogen (secondary N) is 1. The molecular formula is C29H32F4N6O6. The SMILES string of the molecule is CC(C)(C)C[C@H](OC(N)=O)c1oc(-c2ccc(OC(F)F)c(OCCCCN=[N+]=[N-])c2)nc1C(=O)NCc1ccc(F)cc1F. The van der Waals surface area contributed by atoms with Gasteiger partial charge in [-0.05, 0) is 54.5 Å². The van der Waals surface area contributed by atoms with Gasteiger partial charge in [0.25, 0.3) is 5.91 Å². The molecule has 0 aliphatic heterocycles. The van der Waals surface area contributed by atoms with Crippen molar-refractivity contribution in [1.29, 1.82) is 0 Å². The first kappa shape index (κ1) is 34.5. The fraction of sp³-hybridized carbons (Fsp3) is 0.414. The number of primary amides is 1. The van der Waals surface area contributed by atoms with E-state index in [-0.39, 0.29) is 66.1 Å². The van der Waals surface area contributed by atoms with Gasteiger partial charge in [-0.1, -0.05) is 32.0 Å². The van der Waals surface area contributed by atoms with Crippen LogP contribution in [-0.2, 0) is 11.3 Å². The van der Waals surface area contributed by atoms with Gasteiger partial charge < -0.3 is 29.7 Å². The van der Waals surface area contributed by atoms with Crippen LogP contribution in [0.1, 0.15) is 67.9 Å². The van der Waals surface area contributed by atoms with E-state index in [4.69, 9.17) is 25.2 Å². The molecule has 0 bridgehead atoms. The maximum atomic E-state index is 14.2. The second kappa shape index (κ2) is 15.7. The lowest BCUT2D eigenvalue weighted by molar-refractivity contribution is -0.0515. The molecule has 0 spiro atoms. The summed E-state index contributed by atoms with van der Waals surface area (Å²) in [4.78, 5) is 32.1. The van der Waals surface area contributed by atoms with Crippen LogP contribution in [0.3, 0.4) is 0 Å². The minimum atomic E-state index is -3.15. The number of nitrogens with zero attached hydrogens (tertiary/aromatic N) is 4. The monoisotopic (exact) mass is 636 g/mol. The third-order valence-electron chi connectivity index (χ3n) is 6.05. The minimum absolute atomic E-state index is 0.00881. The van der Waals surface area contributed by atoms with Crippen LogP contribution in [0, 0.1) is 17.0 Å². The number of ether oxygens (including phenoxy) is 3. The van der Waals surface area contributed by atoms with E-state index in [2.05, 4.69) is 25.1 Å². The molecule has 0 saturated carbocycles. The number of hydrogen-bond acceptors (Lipinski definition) is 8. The zero-order chi connectivity index (χ0) is 33.1. The first-order valence-corrected chi connectivity index (χ1v) is 13.7. The van der Waals surface area contributed by atoms with Crippen molar-refractivity contribution in [3.63, 3.8) is 0 Å². The maximum absolute atomic E-state index is 14.2. The lowest BCUT2D eigenvalue weighted by Gasteiger charge is -2.24. The van der Waals surface area contributed by atoms with E-state index in [1.165, 1.54) is 24.3 Å². The minimum Gasteiger partial charge on any atom is -0.490 e. The summed E-state index contributed by atoms with van der Waals surface area (Å²) in [6.07, 6.45) is -1.28.